The van der Waals surface area contributed by atoms with Crippen LogP contribution in [0.4, 0.5) is 18.3 Å². The number of nitrogens with two attached hydrogens (primary N) is 1. The quantitative estimate of drug-likeness (QED) is 0.138. The van der Waals surface area contributed by atoms with E-state index >= 15 is 0 Å². The lowest BCUT2D eigenvalue weighted by atomic mass is 9.96. The van der Waals surface area contributed by atoms with E-state index < -0.39 is 24.1 Å². The Bertz CT molecular complexity index is 1160. The molecule has 1 aliphatic rings. The van der Waals surface area contributed by atoms with Crippen LogP contribution in [0.15, 0.2) is 30.5 Å². The fraction of sp³-hybridized carbons (Fsp3) is 0.364. The van der Waals surface area contributed by atoms with Crippen LogP contribution in [0.1, 0.15) is 34.5 Å². The van der Waals surface area contributed by atoms with Crippen molar-refractivity contribution in [1.29, 1.82) is 5.41 Å². The first kappa shape index (κ1) is 30.0. The number of hydrogen-bond donors (Lipinski definition) is 5. The Morgan fingerprint density at radius 1 is 1.16 bits per heavy atom. The fourth-order valence-electron chi connectivity index (χ4n) is 3.14. The van der Waals surface area contributed by atoms with Crippen LogP contribution in [0.2, 0.25) is 0 Å². The van der Waals surface area contributed by atoms with Crippen molar-refractivity contribution in [1.82, 2.24) is 10.3 Å². The zero-order chi connectivity index (χ0) is 28.5. The molecule has 38 heavy (non-hydrogen) atoms. The standard InChI is InChI=1S/C20H23N5O5S.C2HF3O2/c21-17(22)12-1-3-14(4-2-12)30-19(29)15-11-24-20(31-15)25-9-6-13(7-10-25)18(28)23-8-5-16(26)27;3-2(4,5)1(6)7/h1-4,11,13H,5-10H2,(H3,21,22)(H,23,28)(H,26,27);(H,6,7). The highest BCUT2D eigenvalue weighted by Crippen LogP contribution is 2.28. The maximum Gasteiger partial charge on any atom is 0.490 e. The number of carboxylic acid groups (broad SMARTS) is 2. The van der Waals surface area contributed by atoms with Crippen molar-refractivity contribution >= 4 is 46.1 Å². The van der Waals surface area contributed by atoms with Crippen molar-refractivity contribution in [2.24, 2.45) is 11.7 Å². The number of halogens is 3. The molecule has 1 aromatic carbocycles. The summed E-state index contributed by atoms with van der Waals surface area (Å²) in [7, 11) is 0. The van der Waals surface area contributed by atoms with E-state index in [4.69, 9.17) is 30.9 Å². The van der Waals surface area contributed by atoms with Gasteiger partial charge < -0.3 is 30.9 Å². The summed E-state index contributed by atoms with van der Waals surface area (Å²) in [4.78, 5) is 50.6. The highest BCUT2D eigenvalue weighted by Gasteiger charge is 2.38. The highest BCUT2D eigenvalue weighted by atomic mass is 32.1. The third kappa shape index (κ3) is 9.34. The van der Waals surface area contributed by atoms with Crippen LogP contribution in [0.5, 0.6) is 5.75 Å². The van der Waals surface area contributed by atoms with E-state index in [2.05, 4.69) is 10.3 Å². The molecule has 1 aromatic heterocycles. The summed E-state index contributed by atoms with van der Waals surface area (Å²) in [6.45, 7) is 1.36. The number of benzene rings is 1. The molecule has 0 atom stereocenters. The second-order valence-electron chi connectivity index (χ2n) is 7.83. The molecule has 0 spiro atoms. The first-order chi connectivity index (χ1) is 17.8. The van der Waals surface area contributed by atoms with Crippen molar-refractivity contribution < 1.29 is 47.3 Å². The van der Waals surface area contributed by atoms with E-state index in [1.54, 1.807) is 24.3 Å². The van der Waals surface area contributed by atoms with Crippen LogP contribution in [0, 0.1) is 11.3 Å². The molecule has 206 valence electrons. The van der Waals surface area contributed by atoms with Crippen LogP contribution in [-0.4, -0.2) is 70.7 Å². The average molecular weight is 560 g/mol. The van der Waals surface area contributed by atoms with E-state index in [-0.39, 0.29) is 30.6 Å². The van der Waals surface area contributed by atoms with Crippen molar-refractivity contribution in [2.45, 2.75) is 25.4 Å². The molecule has 16 heteroatoms. The maximum absolute atomic E-state index is 12.4. The van der Waals surface area contributed by atoms with Crippen LogP contribution >= 0.6 is 11.3 Å². The van der Waals surface area contributed by atoms with Gasteiger partial charge in [0.15, 0.2) is 5.13 Å². The van der Waals surface area contributed by atoms with Gasteiger partial charge in [-0.1, -0.05) is 11.3 Å². The molecule has 2 heterocycles. The van der Waals surface area contributed by atoms with Crippen molar-refractivity contribution in [3.05, 3.63) is 40.9 Å². The zero-order valence-electron chi connectivity index (χ0n) is 19.7. The van der Waals surface area contributed by atoms with Gasteiger partial charge in [0, 0.05) is 31.1 Å². The van der Waals surface area contributed by atoms with Gasteiger partial charge in [-0.3, -0.25) is 15.0 Å². The van der Waals surface area contributed by atoms with Crippen LogP contribution < -0.4 is 20.7 Å². The number of hydrogen-bond acceptors (Lipinski definition) is 9. The van der Waals surface area contributed by atoms with Gasteiger partial charge in [0.05, 0.1) is 12.6 Å². The molecule has 1 aliphatic heterocycles. The number of thiazole rings is 1. The molecule has 1 fully saturated rings. The summed E-state index contributed by atoms with van der Waals surface area (Å²) in [6.07, 6.45) is -2.46. The van der Waals surface area contributed by atoms with Gasteiger partial charge in [0.25, 0.3) is 0 Å². The van der Waals surface area contributed by atoms with E-state index in [0.29, 0.717) is 47.3 Å². The van der Waals surface area contributed by atoms with E-state index in [0.717, 1.165) is 0 Å². The number of piperidine rings is 1. The maximum atomic E-state index is 12.4. The van der Waals surface area contributed by atoms with Gasteiger partial charge in [-0.25, -0.2) is 14.6 Å². The number of aliphatic carboxylic acids is 2. The Hall–Kier alpha value is -4.21. The monoisotopic (exact) mass is 559 g/mol. The molecule has 0 saturated carbocycles. The Morgan fingerprint density at radius 3 is 2.24 bits per heavy atom. The molecular formula is C22H24F3N5O7S. The minimum Gasteiger partial charge on any atom is -0.481 e. The number of rotatable bonds is 8. The lowest BCUT2D eigenvalue weighted by Gasteiger charge is -2.30. The zero-order valence-corrected chi connectivity index (χ0v) is 20.5. The molecular weight excluding hydrogens is 535 g/mol. The smallest absolute Gasteiger partial charge is 0.481 e. The molecule has 12 nitrogen and oxygen atoms in total. The number of carbonyl (C=O) groups is 4. The van der Waals surface area contributed by atoms with Gasteiger partial charge in [0.1, 0.15) is 16.5 Å². The Labute approximate surface area is 217 Å². The van der Waals surface area contributed by atoms with Crippen LogP contribution in [0.3, 0.4) is 0 Å². The number of anilines is 1. The van der Waals surface area contributed by atoms with Crippen molar-refractivity contribution in [3.63, 3.8) is 0 Å². The number of aromatic nitrogens is 1. The number of ether oxygens (including phenoxy) is 1. The van der Waals surface area contributed by atoms with Gasteiger partial charge in [-0.05, 0) is 37.1 Å². The highest BCUT2D eigenvalue weighted by molar-refractivity contribution is 7.17. The van der Waals surface area contributed by atoms with E-state index in [1.807, 2.05) is 4.90 Å². The number of carbonyl (C=O) groups excluding carboxylic acids is 2. The largest absolute Gasteiger partial charge is 0.490 e. The molecule has 6 N–H and O–H groups in total. The number of nitrogens with one attached hydrogen (secondary N) is 2. The summed E-state index contributed by atoms with van der Waals surface area (Å²) in [5.41, 5.74) is 5.95. The number of nitrogens with zero attached hydrogens (tertiary/aromatic N) is 2. The van der Waals surface area contributed by atoms with Crippen LogP contribution in [-0.2, 0) is 14.4 Å². The lowest BCUT2D eigenvalue weighted by molar-refractivity contribution is -0.192. The van der Waals surface area contributed by atoms with Gasteiger partial charge in [-0.15, -0.1) is 0 Å². The lowest BCUT2D eigenvalue weighted by Crippen LogP contribution is -2.41. The first-order valence-electron chi connectivity index (χ1n) is 10.9. The predicted molar refractivity (Wildman–Crippen MR) is 128 cm³/mol. The average Bonchev–Trinajstić information content (AvgIpc) is 3.34. The summed E-state index contributed by atoms with van der Waals surface area (Å²) in [6, 6.07) is 6.35. The Kier molecular flexibility index (Phi) is 10.6. The van der Waals surface area contributed by atoms with Gasteiger partial charge in [-0.2, -0.15) is 13.2 Å². The Morgan fingerprint density at radius 2 is 1.74 bits per heavy atom. The SMILES string of the molecule is N=C(N)c1ccc(OC(=O)c2cnc(N3CCC(C(=O)NCCC(=O)O)CC3)s2)cc1.O=C(O)C(F)(F)F. The second-order valence-corrected chi connectivity index (χ2v) is 8.84. The topological polar surface area (TPSA) is 196 Å². The van der Waals surface area contributed by atoms with Crippen LogP contribution in [0.25, 0.3) is 0 Å². The predicted octanol–water partition coefficient (Wildman–Crippen LogP) is 2.09. The number of esters is 1. The number of carboxylic acids is 2. The summed E-state index contributed by atoms with van der Waals surface area (Å²) in [5, 5.41) is 26.5. The minimum atomic E-state index is -5.08. The molecule has 1 saturated heterocycles. The van der Waals surface area contributed by atoms with Crippen molar-refractivity contribution in [3.8, 4) is 5.75 Å². The molecule has 0 bridgehead atoms. The second kappa shape index (κ2) is 13.4. The number of nitrogen functional groups attached to an aromatic ring is 1. The van der Waals surface area contributed by atoms with Crippen molar-refractivity contribution in [2.75, 3.05) is 24.5 Å². The van der Waals surface area contributed by atoms with Gasteiger partial charge >= 0.3 is 24.1 Å². The number of alkyl halides is 3. The Balaban J connectivity index is 0.000000638. The number of amides is 1. The molecule has 0 radical (unpaired) electrons. The molecule has 3 rings (SSSR count). The summed E-state index contributed by atoms with van der Waals surface area (Å²) in [5.74, 6) is -4.22. The molecule has 1 amide bonds. The summed E-state index contributed by atoms with van der Waals surface area (Å²) < 4.78 is 37.1. The molecule has 2 aromatic rings. The molecule has 0 unspecified atom stereocenters. The first-order valence-corrected chi connectivity index (χ1v) is 11.8. The fourth-order valence-corrected chi connectivity index (χ4v) is 3.98. The van der Waals surface area contributed by atoms with E-state index in [1.165, 1.54) is 17.5 Å². The normalized spacial score (nSPS) is 13.6. The van der Waals surface area contributed by atoms with Gasteiger partial charge in [0.2, 0.25) is 5.91 Å². The summed E-state index contributed by atoms with van der Waals surface area (Å²) >= 11 is 1.22. The number of amidine groups is 1. The third-order valence-corrected chi connectivity index (χ3v) is 6.13. The minimum absolute atomic E-state index is 0.0634. The third-order valence-electron chi connectivity index (χ3n) is 5.09. The molecule has 0 aliphatic carbocycles. The van der Waals surface area contributed by atoms with E-state index in [9.17, 15) is 27.6 Å².